The van der Waals surface area contributed by atoms with Gasteiger partial charge in [0.2, 0.25) is 10.0 Å². The molecule has 2 unspecified atom stereocenters. The monoisotopic (exact) mass is 642 g/mol. The first-order valence-corrected chi connectivity index (χ1v) is 21.7. The van der Waals surface area contributed by atoms with Crippen molar-refractivity contribution in [2.75, 3.05) is 13.2 Å². The van der Waals surface area contributed by atoms with Crippen molar-refractivity contribution in [3.8, 4) is 0 Å². The second-order valence-electron chi connectivity index (χ2n) is 14.3. The molecule has 0 N–H and O–H groups in total. The number of sulfonamides is 1. The van der Waals surface area contributed by atoms with Gasteiger partial charge < -0.3 is 4.74 Å². The molecule has 44 heavy (non-hydrogen) atoms. The lowest BCUT2D eigenvalue weighted by Crippen LogP contribution is -2.40. The van der Waals surface area contributed by atoms with Crippen LogP contribution in [0.25, 0.3) is 0 Å². The fraction of sp³-hybridized carbons (Fsp3) is 1.00. The summed E-state index contributed by atoms with van der Waals surface area (Å²) >= 11 is 0. The maximum atomic E-state index is 13.3. The third kappa shape index (κ3) is 24.1. The van der Waals surface area contributed by atoms with Gasteiger partial charge in [-0.3, -0.25) is 0 Å². The van der Waals surface area contributed by atoms with Gasteiger partial charge >= 0.3 is 0 Å². The summed E-state index contributed by atoms with van der Waals surface area (Å²) in [4.78, 5) is 0. The highest BCUT2D eigenvalue weighted by Crippen LogP contribution is 2.26. The molecule has 1 fully saturated rings. The molecule has 0 saturated carbocycles. The summed E-state index contributed by atoms with van der Waals surface area (Å²) < 4.78 is 33.8. The van der Waals surface area contributed by atoms with E-state index in [1.807, 2.05) is 6.92 Å². The molecule has 0 amide bonds. The van der Waals surface area contributed by atoms with Gasteiger partial charge in [-0.2, -0.15) is 4.31 Å². The molecule has 264 valence electrons. The molecule has 2 atom stereocenters. The number of hydrogen-bond donors (Lipinski definition) is 0. The van der Waals surface area contributed by atoms with Gasteiger partial charge in [-0.15, -0.1) is 0 Å². The summed E-state index contributed by atoms with van der Waals surface area (Å²) in [7, 11) is -3.27. The Bertz CT molecular complexity index is 693. The molecule has 0 aromatic carbocycles. The fourth-order valence-electron chi connectivity index (χ4n) is 6.64. The predicted octanol–water partition coefficient (Wildman–Crippen LogP) is 12.9. The highest BCUT2D eigenvalue weighted by Gasteiger charge is 2.40. The van der Waals surface area contributed by atoms with Crippen molar-refractivity contribution in [3.05, 3.63) is 0 Å². The van der Waals surface area contributed by atoms with Crippen molar-refractivity contribution in [1.29, 1.82) is 0 Å². The summed E-state index contributed by atoms with van der Waals surface area (Å²) in [6, 6.07) is 0. The number of unbranched alkanes of at least 4 members (excludes halogenated alkanes) is 29. The van der Waals surface area contributed by atoms with E-state index in [0.717, 1.165) is 32.1 Å². The number of epoxide rings is 1. The van der Waals surface area contributed by atoms with Gasteiger partial charge in [0.25, 0.3) is 0 Å². The van der Waals surface area contributed by atoms with Crippen molar-refractivity contribution in [2.45, 2.75) is 238 Å². The second kappa shape index (κ2) is 30.2. The standard InChI is InChI=1S/C39H79NO3S/c1-4-6-8-10-12-14-16-18-20-22-24-26-28-30-32-34-36-40(39-37-43-39)44(41,42)38(3)35-33-31-29-27-25-23-21-19-17-15-13-11-9-7-5-2/h38-39H,4-37H2,1-3H3. The molecule has 1 heterocycles. The van der Waals surface area contributed by atoms with Gasteiger partial charge in [-0.25, -0.2) is 8.42 Å². The molecular formula is C39H79NO3S. The highest BCUT2D eigenvalue weighted by molar-refractivity contribution is 7.89. The number of rotatable bonds is 36. The number of ether oxygens (including phenoxy) is 1. The molecule has 0 radical (unpaired) electrons. The zero-order valence-corrected chi connectivity index (χ0v) is 31.1. The Morgan fingerprint density at radius 3 is 1.07 bits per heavy atom. The van der Waals surface area contributed by atoms with Crippen LogP contribution in [0, 0.1) is 0 Å². The van der Waals surface area contributed by atoms with E-state index in [0.29, 0.717) is 13.2 Å². The summed E-state index contributed by atoms with van der Waals surface area (Å²) in [6.07, 6.45) is 42.1. The third-order valence-electron chi connectivity index (χ3n) is 9.92. The molecule has 5 heteroatoms. The van der Waals surface area contributed by atoms with Crippen LogP contribution in [0.5, 0.6) is 0 Å². The Balaban J connectivity index is 1.98. The Labute approximate surface area is 277 Å². The lowest BCUT2D eigenvalue weighted by atomic mass is 10.0. The summed E-state index contributed by atoms with van der Waals surface area (Å²) in [5.74, 6) is 0. The van der Waals surface area contributed by atoms with Crippen LogP contribution in [0.2, 0.25) is 0 Å². The van der Waals surface area contributed by atoms with E-state index in [4.69, 9.17) is 4.74 Å². The van der Waals surface area contributed by atoms with Gasteiger partial charge in [0.05, 0.1) is 11.9 Å². The highest BCUT2D eigenvalue weighted by atomic mass is 32.2. The molecule has 0 aromatic heterocycles. The van der Waals surface area contributed by atoms with E-state index in [1.54, 1.807) is 4.31 Å². The number of nitrogens with zero attached hydrogens (tertiary/aromatic N) is 1. The van der Waals surface area contributed by atoms with Gasteiger partial charge in [-0.1, -0.05) is 206 Å². The smallest absolute Gasteiger partial charge is 0.218 e. The third-order valence-corrected chi connectivity index (χ3v) is 12.2. The normalized spacial score (nSPS) is 15.8. The van der Waals surface area contributed by atoms with E-state index in [9.17, 15) is 8.42 Å². The average Bonchev–Trinajstić information content (AvgIpc) is 3.85. The Morgan fingerprint density at radius 1 is 0.500 bits per heavy atom. The molecule has 0 aromatic rings. The van der Waals surface area contributed by atoms with Crippen LogP contribution in [0.4, 0.5) is 0 Å². The molecule has 0 aliphatic carbocycles. The van der Waals surface area contributed by atoms with Gasteiger partial charge in [-0.05, 0) is 19.8 Å². The molecule has 1 aliphatic rings. The molecule has 1 aliphatic heterocycles. The molecular weight excluding hydrogens is 563 g/mol. The average molecular weight is 642 g/mol. The minimum absolute atomic E-state index is 0.195. The Morgan fingerprint density at radius 2 is 0.773 bits per heavy atom. The largest absolute Gasteiger partial charge is 0.356 e. The van der Waals surface area contributed by atoms with Crippen LogP contribution in [0.3, 0.4) is 0 Å². The van der Waals surface area contributed by atoms with E-state index in [1.165, 1.54) is 173 Å². The topological polar surface area (TPSA) is 49.9 Å². The van der Waals surface area contributed by atoms with Crippen LogP contribution >= 0.6 is 0 Å². The molecule has 0 bridgehead atoms. The lowest BCUT2D eigenvalue weighted by Gasteiger charge is -2.24. The van der Waals surface area contributed by atoms with Crippen molar-refractivity contribution < 1.29 is 13.2 Å². The van der Waals surface area contributed by atoms with Crippen LogP contribution in [-0.2, 0) is 14.8 Å². The zero-order chi connectivity index (χ0) is 32.0. The Kier molecular flexibility index (Phi) is 28.8. The minimum Gasteiger partial charge on any atom is -0.356 e. The zero-order valence-electron chi connectivity index (χ0n) is 30.3. The van der Waals surface area contributed by atoms with Crippen molar-refractivity contribution in [3.63, 3.8) is 0 Å². The number of hydrogen-bond acceptors (Lipinski definition) is 3. The van der Waals surface area contributed by atoms with E-state index < -0.39 is 10.0 Å². The van der Waals surface area contributed by atoms with Gasteiger partial charge in [0.1, 0.15) is 6.23 Å². The lowest BCUT2D eigenvalue weighted by molar-refractivity contribution is 0.263. The molecule has 1 saturated heterocycles. The summed E-state index contributed by atoms with van der Waals surface area (Å²) in [6.45, 7) is 7.70. The van der Waals surface area contributed by atoms with Gasteiger partial charge in [0.15, 0.2) is 0 Å². The van der Waals surface area contributed by atoms with Crippen LogP contribution in [-0.4, -0.2) is 37.4 Å². The second-order valence-corrected chi connectivity index (χ2v) is 16.6. The van der Waals surface area contributed by atoms with Crippen molar-refractivity contribution in [1.82, 2.24) is 4.31 Å². The van der Waals surface area contributed by atoms with E-state index in [2.05, 4.69) is 13.8 Å². The summed E-state index contributed by atoms with van der Waals surface area (Å²) in [5, 5.41) is -0.297. The molecule has 1 rings (SSSR count). The fourth-order valence-corrected chi connectivity index (χ4v) is 8.40. The SMILES string of the molecule is CCCCCCCCCCCCCCCCCCN(C1CO1)S(=O)(=O)C(C)CCCCCCCCCCCCCCCCC. The first-order chi connectivity index (χ1) is 21.5. The predicted molar refractivity (Wildman–Crippen MR) is 194 cm³/mol. The maximum absolute atomic E-state index is 13.3. The first-order valence-electron chi connectivity index (χ1n) is 20.2. The quantitative estimate of drug-likeness (QED) is 0.0505. The minimum atomic E-state index is -3.27. The van der Waals surface area contributed by atoms with Crippen LogP contribution in [0.1, 0.15) is 226 Å². The van der Waals surface area contributed by atoms with E-state index >= 15 is 0 Å². The molecule has 0 spiro atoms. The van der Waals surface area contributed by atoms with Crippen LogP contribution in [0.15, 0.2) is 0 Å². The summed E-state index contributed by atoms with van der Waals surface area (Å²) in [5.41, 5.74) is 0. The Hall–Kier alpha value is -0.130. The van der Waals surface area contributed by atoms with Crippen molar-refractivity contribution >= 4 is 10.0 Å². The van der Waals surface area contributed by atoms with Crippen molar-refractivity contribution in [2.24, 2.45) is 0 Å². The van der Waals surface area contributed by atoms with Crippen LogP contribution < -0.4 is 0 Å². The first kappa shape index (κ1) is 41.9. The molecule has 4 nitrogen and oxygen atoms in total. The van der Waals surface area contributed by atoms with Gasteiger partial charge in [0, 0.05) is 6.54 Å². The maximum Gasteiger partial charge on any atom is 0.218 e. The van der Waals surface area contributed by atoms with E-state index in [-0.39, 0.29) is 11.5 Å².